The third kappa shape index (κ3) is 0.975. The molecule has 1 N–H and O–H groups in total. The van der Waals surface area contributed by atoms with E-state index in [0.29, 0.717) is 0 Å². The molecule has 0 amide bonds. The minimum absolute atomic E-state index is 0.110. The van der Waals surface area contributed by atoms with E-state index in [1.165, 1.54) is 6.92 Å². The molecule has 0 saturated heterocycles. The third-order valence-corrected chi connectivity index (χ3v) is 0.983. The van der Waals surface area contributed by atoms with Crippen LogP contribution in [0.1, 0.15) is 5.69 Å². The van der Waals surface area contributed by atoms with E-state index in [9.17, 15) is 14.0 Å². The van der Waals surface area contributed by atoms with Crippen molar-refractivity contribution in [2.24, 2.45) is 0 Å². The summed E-state index contributed by atoms with van der Waals surface area (Å²) in [6.07, 6.45) is 0. The van der Waals surface area contributed by atoms with Gasteiger partial charge in [0.05, 0.1) is 5.69 Å². The minimum atomic E-state index is -1.23. The highest BCUT2D eigenvalue weighted by Gasteiger charge is 2.04. The number of aromatic amines is 1. The maximum atomic E-state index is 12.3. The minimum Gasteiger partial charge on any atom is -0.371 e. The fraction of sp³-hybridized carbons (Fsp3) is 0.200. The first kappa shape index (κ1) is 6.73. The summed E-state index contributed by atoms with van der Waals surface area (Å²) in [4.78, 5) is 22.6. The second-order valence-electron chi connectivity index (χ2n) is 1.74. The second-order valence-corrected chi connectivity index (χ2v) is 1.74. The van der Waals surface area contributed by atoms with Gasteiger partial charge in [0.15, 0.2) is 0 Å². The van der Waals surface area contributed by atoms with E-state index in [4.69, 9.17) is 0 Å². The standard InChI is InChI=1S/C5H4FNO3/c1-2-3(6)4(8)10-5(9)7-2/h1H3,(H,7,9). The van der Waals surface area contributed by atoms with Crippen LogP contribution < -0.4 is 11.4 Å². The summed E-state index contributed by atoms with van der Waals surface area (Å²) in [5, 5.41) is 0. The van der Waals surface area contributed by atoms with Gasteiger partial charge in [0, 0.05) is 0 Å². The zero-order valence-corrected chi connectivity index (χ0v) is 5.10. The second kappa shape index (κ2) is 2.09. The van der Waals surface area contributed by atoms with Gasteiger partial charge in [-0.3, -0.25) is 4.98 Å². The van der Waals surface area contributed by atoms with E-state index in [0.717, 1.165) is 0 Å². The Morgan fingerprint density at radius 2 is 2.10 bits per heavy atom. The molecule has 1 heterocycles. The van der Waals surface area contributed by atoms with Crippen LogP contribution in [0.3, 0.4) is 0 Å². The molecule has 1 aromatic heterocycles. The molecule has 0 bridgehead atoms. The molecule has 0 saturated carbocycles. The van der Waals surface area contributed by atoms with E-state index in [2.05, 4.69) is 4.42 Å². The number of H-pyrrole nitrogens is 1. The molecule has 0 fully saturated rings. The average molecular weight is 145 g/mol. The van der Waals surface area contributed by atoms with Gasteiger partial charge < -0.3 is 4.42 Å². The molecule has 54 valence electrons. The van der Waals surface area contributed by atoms with Gasteiger partial charge in [-0.15, -0.1) is 0 Å². The summed E-state index contributed by atoms with van der Waals surface area (Å²) in [5.41, 5.74) is -1.34. The molecule has 1 aromatic rings. The molecule has 0 spiro atoms. The number of rotatable bonds is 0. The number of aryl methyl sites for hydroxylation is 1. The van der Waals surface area contributed by atoms with Crippen LogP contribution in [0.2, 0.25) is 0 Å². The van der Waals surface area contributed by atoms with E-state index in [1.54, 1.807) is 0 Å². The van der Waals surface area contributed by atoms with Gasteiger partial charge in [0.2, 0.25) is 5.82 Å². The summed E-state index contributed by atoms with van der Waals surface area (Å²) in [5.74, 6) is -2.00. The van der Waals surface area contributed by atoms with Crippen LogP contribution in [0, 0.1) is 12.7 Å². The molecule has 4 nitrogen and oxygen atoms in total. The van der Waals surface area contributed by atoms with Gasteiger partial charge in [-0.2, -0.15) is 4.39 Å². The Morgan fingerprint density at radius 3 is 2.60 bits per heavy atom. The van der Waals surface area contributed by atoms with Gasteiger partial charge in [0.1, 0.15) is 0 Å². The van der Waals surface area contributed by atoms with Crippen LogP contribution in [-0.4, -0.2) is 4.98 Å². The van der Waals surface area contributed by atoms with Crippen molar-refractivity contribution in [1.82, 2.24) is 4.98 Å². The largest absolute Gasteiger partial charge is 0.419 e. The molecule has 0 atom stereocenters. The van der Waals surface area contributed by atoms with Crippen molar-refractivity contribution in [2.75, 3.05) is 0 Å². The topological polar surface area (TPSA) is 63.1 Å². The van der Waals surface area contributed by atoms with Crippen molar-refractivity contribution >= 4 is 0 Å². The molecular weight excluding hydrogens is 141 g/mol. The van der Waals surface area contributed by atoms with Gasteiger partial charge in [0.25, 0.3) is 0 Å². The van der Waals surface area contributed by atoms with E-state index in [1.807, 2.05) is 4.98 Å². The SMILES string of the molecule is Cc1[nH]c(=O)oc(=O)c1F. The van der Waals surface area contributed by atoms with Crippen molar-refractivity contribution in [1.29, 1.82) is 0 Å². The van der Waals surface area contributed by atoms with Crippen molar-refractivity contribution in [3.63, 3.8) is 0 Å². The van der Waals surface area contributed by atoms with Crippen molar-refractivity contribution in [3.05, 3.63) is 32.5 Å². The van der Waals surface area contributed by atoms with Crippen LogP contribution in [-0.2, 0) is 0 Å². The summed E-state index contributed by atoms with van der Waals surface area (Å²) in [7, 11) is 0. The van der Waals surface area contributed by atoms with Crippen molar-refractivity contribution in [3.8, 4) is 0 Å². The number of aromatic nitrogens is 1. The highest BCUT2D eigenvalue weighted by Crippen LogP contribution is 1.89. The molecule has 0 aliphatic rings. The Morgan fingerprint density at radius 1 is 1.50 bits per heavy atom. The van der Waals surface area contributed by atoms with Crippen molar-refractivity contribution < 1.29 is 8.81 Å². The molecule has 10 heavy (non-hydrogen) atoms. The first-order valence-corrected chi connectivity index (χ1v) is 2.51. The predicted molar refractivity (Wildman–Crippen MR) is 30.3 cm³/mol. The lowest BCUT2D eigenvalue weighted by Gasteiger charge is -1.88. The summed E-state index contributed by atoms with van der Waals surface area (Å²) < 4.78 is 16.2. The summed E-state index contributed by atoms with van der Waals surface area (Å²) >= 11 is 0. The summed E-state index contributed by atoms with van der Waals surface area (Å²) in [6.45, 7) is 1.27. The number of hydrogen-bond acceptors (Lipinski definition) is 3. The van der Waals surface area contributed by atoms with Crippen LogP contribution in [0.25, 0.3) is 0 Å². The Labute approximate surface area is 54.3 Å². The normalized spacial score (nSPS) is 9.80. The van der Waals surface area contributed by atoms with Gasteiger partial charge in [-0.1, -0.05) is 0 Å². The lowest BCUT2D eigenvalue weighted by atomic mass is 10.4. The highest BCUT2D eigenvalue weighted by atomic mass is 19.1. The molecule has 1 rings (SSSR count). The zero-order chi connectivity index (χ0) is 7.72. The van der Waals surface area contributed by atoms with Gasteiger partial charge in [-0.05, 0) is 6.92 Å². The fourth-order valence-electron chi connectivity index (χ4n) is 0.516. The Kier molecular flexibility index (Phi) is 1.41. The van der Waals surface area contributed by atoms with Crippen LogP contribution >= 0.6 is 0 Å². The highest BCUT2D eigenvalue weighted by molar-refractivity contribution is 4.96. The quantitative estimate of drug-likeness (QED) is 0.548. The number of halogens is 1. The van der Waals surface area contributed by atoms with E-state index < -0.39 is 17.2 Å². The third-order valence-electron chi connectivity index (χ3n) is 0.983. The van der Waals surface area contributed by atoms with Crippen molar-refractivity contribution in [2.45, 2.75) is 6.92 Å². The predicted octanol–water partition coefficient (Wildman–Crippen LogP) is -0.224. The molecule has 0 unspecified atom stereocenters. The molecular formula is C5H4FNO3. The smallest absolute Gasteiger partial charge is 0.371 e. The van der Waals surface area contributed by atoms with Gasteiger partial charge >= 0.3 is 11.4 Å². The lowest BCUT2D eigenvalue weighted by Crippen LogP contribution is -2.19. The first-order chi connectivity index (χ1) is 4.61. The van der Waals surface area contributed by atoms with Crippen LogP contribution in [0.15, 0.2) is 14.0 Å². The Bertz CT molecular complexity index is 351. The molecule has 0 aliphatic carbocycles. The Balaban J connectivity index is 3.62. The summed E-state index contributed by atoms with van der Waals surface area (Å²) in [6, 6.07) is 0. The monoisotopic (exact) mass is 145 g/mol. The fourth-order valence-corrected chi connectivity index (χ4v) is 0.516. The number of nitrogens with one attached hydrogen (secondary N) is 1. The molecule has 0 radical (unpaired) electrons. The lowest BCUT2D eigenvalue weighted by molar-refractivity contribution is 0.397. The number of hydrogen-bond donors (Lipinski definition) is 1. The molecule has 0 aliphatic heterocycles. The first-order valence-electron chi connectivity index (χ1n) is 2.51. The molecule has 5 heteroatoms. The van der Waals surface area contributed by atoms with Gasteiger partial charge in [-0.25, -0.2) is 9.59 Å². The average Bonchev–Trinajstić information content (AvgIpc) is 1.82. The van der Waals surface area contributed by atoms with E-state index >= 15 is 0 Å². The molecule has 0 aromatic carbocycles. The maximum Gasteiger partial charge on any atom is 0.419 e. The Hall–Kier alpha value is -1.39. The van der Waals surface area contributed by atoms with Crippen LogP contribution in [0.4, 0.5) is 4.39 Å². The van der Waals surface area contributed by atoms with E-state index in [-0.39, 0.29) is 5.69 Å². The zero-order valence-electron chi connectivity index (χ0n) is 5.10. The maximum absolute atomic E-state index is 12.3. The van der Waals surface area contributed by atoms with Crippen LogP contribution in [0.5, 0.6) is 0 Å².